The van der Waals surface area contributed by atoms with Crippen LogP contribution in [0.1, 0.15) is 46.0 Å². The van der Waals surface area contributed by atoms with Crippen molar-refractivity contribution in [2.45, 2.75) is 73.8 Å². The summed E-state index contributed by atoms with van der Waals surface area (Å²) in [5.41, 5.74) is 3.39. The molecule has 3 heterocycles. The lowest BCUT2D eigenvalue weighted by Crippen LogP contribution is -2.52. The van der Waals surface area contributed by atoms with Gasteiger partial charge in [-0.15, -0.1) is 23.5 Å². The van der Waals surface area contributed by atoms with Crippen LogP contribution in [-0.2, 0) is 0 Å². The Hall–Kier alpha value is -0.640. The van der Waals surface area contributed by atoms with E-state index in [9.17, 15) is 0 Å². The van der Waals surface area contributed by atoms with E-state index >= 15 is 0 Å². The molecule has 0 saturated carbocycles. The van der Waals surface area contributed by atoms with Crippen LogP contribution in [0, 0.1) is 11.8 Å². The fourth-order valence-corrected chi connectivity index (χ4v) is 8.59. The zero-order chi connectivity index (χ0) is 18.4. The second-order valence-corrected chi connectivity index (χ2v) is 11.6. The Morgan fingerprint density at radius 3 is 2.85 bits per heavy atom. The highest BCUT2D eigenvalue weighted by molar-refractivity contribution is 8.04. The molecule has 27 heavy (non-hydrogen) atoms. The molecule has 0 aromatic carbocycles. The van der Waals surface area contributed by atoms with Gasteiger partial charge >= 0.3 is 0 Å². The summed E-state index contributed by atoms with van der Waals surface area (Å²) >= 11 is 4.36. The predicted molar refractivity (Wildman–Crippen MR) is 121 cm³/mol. The molecule has 0 aromatic rings. The molecule has 2 aliphatic carbocycles. The van der Waals surface area contributed by atoms with Crippen LogP contribution < -0.4 is 5.32 Å². The van der Waals surface area contributed by atoms with Gasteiger partial charge < -0.3 is 5.32 Å². The fraction of sp³-hybridized carbons (Fsp3) is 0.583. The van der Waals surface area contributed by atoms with Crippen LogP contribution >= 0.6 is 23.5 Å². The minimum Gasteiger partial charge on any atom is -0.305 e. The average Bonchev–Trinajstić information content (AvgIpc) is 3.31. The molecule has 0 amide bonds. The molecule has 144 valence electrons. The topological polar surface area (TPSA) is 12.0 Å². The summed E-state index contributed by atoms with van der Waals surface area (Å²) in [6.07, 6.45) is 23.1. The van der Waals surface area contributed by atoms with Gasteiger partial charge in [-0.25, -0.2) is 0 Å². The van der Waals surface area contributed by atoms with E-state index in [0.29, 0.717) is 28.5 Å². The first-order valence-corrected chi connectivity index (χ1v) is 12.5. The van der Waals surface area contributed by atoms with Gasteiger partial charge in [-0.05, 0) is 43.9 Å². The van der Waals surface area contributed by atoms with E-state index in [1.807, 2.05) is 0 Å². The Balaban J connectivity index is 1.32. The smallest absolute Gasteiger partial charge is 0.0405 e. The third-order valence-electron chi connectivity index (χ3n) is 6.83. The molecule has 3 aliphatic heterocycles. The van der Waals surface area contributed by atoms with Crippen LogP contribution in [0.5, 0.6) is 0 Å². The standard InChI is InChI=1S/C24H31NS2/c1-15(2)18-11-12-19(22-13-16-7-3-5-9-20(16)26-22)25-24(18)23-14-17-8-4-6-10-21(17)27-23/h4-6,8-11,15,17,19,21-25H,3,7,12-14H2,1-2H3. The summed E-state index contributed by atoms with van der Waals surface area (Å²) in [6, 6.07) is 1.17. The highest BCUT2D eigenvalue weighted by atomic mass is 32.2. The van der Waals surface area contributed by atoms with Crippen molar-refractivity contribution in [2.75, 3.05) is 0 Å². The normalized spacial score (nSPS) is 40.5. The van der Waals surface area contributed by atoms with E-state index in [1.165, 1.54) is 32.1 Å². The molecule has 5 aliphatic rings. The van der Waals surface area contributed by atoms with E-state index in [-0.39, 0.29) is 0 Å². The van der Waals surface area contributed by atoms with E-state index in [1.54, 1.807) is 16.1 Å². The van der Waals surface area contributed by atoms with Gasteiger partial charge in [0.1, 0.15) is 0 Å². The first kappa shape index (κ1) is 18.4. The maximum atomic E-state index is 4.18. The Morgan fingerprint density at radius 2 is 2.04 bits per heavy atom. The quantitative estimate of drug-likeness (QED) is 0.584. The van der Waals surface area contributed by atoms with Crippen LogP contribution in [0.3, 0.4) is 0 Å². The minimum absolute atomic E-state index is 0.551. The van der Waals surface area contributed by atoms with E-state index in [2.05, 4.69) is 85.2 Å². The van der Waals surface area contributed by atoms with Crippen molar-refractivity contribution in [3.05, 3.63) is 58.6 Å². The van der Waals surface area contributed by atoms with E-state index in [4.69, 9.17) is 0 Å². The monoisotopic (exact) mass is 397 g/mol. The Bertz CT molecular complexity index is 721. The van der Waals surface area contributed by atoms with Gasteiger partial charge in [-0.1, -0.05) is 67.5 Å². The van der Waals surface area contributed by atoms with Gasteiger partial charge in [-0.2, -0.15) is 0 Å². The van der Waals surface area contributed by atoms with Crippen LogP contribution in [0.15, 0.2) is 58.6 Å². The maximum absolute atomic E-state index is 4.18. The number of hydrogen-bond donors (Lipinski definition) is 1. The second kappa shape index (κ2) is 7.65. The Labute approximate surface area is 172 Å². The van der Waals surface area contributed by atoms with Gasteiger partial charge in [0, 0.05) is 32.7 Å². The maximum Gasteiger partial charge on any atom is 0.0405 e. The molecular weight excluding hydrogens is 366 g/mol. The number of allylic oxidation sites excluding steroid dienone is 6. The molecule has 0 aromatic heterocycles. The third-order valence-corrected chi connectivity index (χ3v) is 9.94. The number of hydrogen-bond acceptors (Lipinski definition) is 3. The molecular formula is C24H31NS2. The van der Waals surface area contributed by atoms with Crippen molar-refractivity contribution in [3.8, 4) is 0 Å². The number of rotatable bonds is 3. The summed E-state index contributed by atoms with van der Waals surface area (Å²) in [5.74, 6) is 1.38. The van der Waals surface area contributed by atoms with E-state index in [0.717, 1.165) is 11.2 Å². The SMILES string of the molecule is CC(C)C1=CCC(C2CC3=C(C=CCC3)S2)NC1C1CC2C=CC=CC2S1. The van der Waals surface area contributed by atoms with Crippen LogP contribution in [0.2, 0.25) is 0 Å². The lowest BCUT2D eigenvalue weighted by Gasteiger charge is -2.39. The molecule has 1 fully saturated rings. The van der Waals surface area contributed by atoms with Crippen LogP contribution in [0.25, 0.3) is 0 Å². The largest absolute Gasteiger partial charge is 0.305 e. The molecule has 6 unspecified atom stereocenters. The van der Waals surface area contributed by atoms with Crippen molar-refractivity contribution in [1.82, 2.24) is 5.32 Å². The van der Waals surface area contributed by atoms with Gasteiger partial charge in [0.25, 0.3) is 0 Å². The molecule has 5 rings (SSSR count). The summed E-state index contributed by atoms with van der Waals surface area (Å²) in [7, 11) is 0. The highest BCUT2D eigenvalue weighted by Crippen LogP contribution is 2.48. The predicted octanol–water partition coefficient (Wildman–Crippen LogP) is 6.03. The summed E-state index contributed by atoms with van der Waals surface area (Å²) < 4.78 is 0. The molecule has 1 N–H and O–H groups in total. The molecule has 1 saturated heterocycles. The van der Waals surface area contributed by atoms with Crippen LogP contribution in [0.4, 0.5) is 0 Å². The molecule has 1 nitrogen and oxygen atoms in total. The molecule has 3 heteroatoms. The highest BCUT2D eigenvalue weighted by Gasteiger charge is 2.42. The number of thioether (sulfide) groups is 2. The van der Waals surface area contributed by atoms with Gasteiger partial charge in [0.15, 0.2) is 0 Å². The Morgan fingerprint density at radius 1 is 1.15 bits per heavy atom. The summed E-state index contributed by atoms with van der Waals surface area (Å²) in [4.78, 5) is 1.58. The van der Waals surface area contributed by atoms with Crippen LogP contribution in [-0.4, -0.2) is 27.8 Å². The molecule has 0 bridgehead atoms. The lowest BCUT2D eigenvalue weighted by molar-refractivity contribution is 0.385. The van der Waals surface area contributed by atoms with Gasteiger partial charge in [-0.3, -0.25) is 0 Å². The van der Waals surface area contributed by atoms with Crippen molar-refractivity contribution in [2.24, 2.45) is 11.8 Å². The van der Waals surface area contributed by atoms with E-state index < -0.39 is 0 Å². The Kier molecular flexibility index (Phi) is 5.21. The first-order chi connectivity index (χ1) is 13.2. The number of fused-ring (bicyclic) bond motifs is 1. The van der Waals surface area contributed by atoms with Gasteiger partial charge in [0.2, 0.25) is 0 Å². The average molecular weight is 398 g/mol. The van der Waals surface area contributed by atoms with Crippen molar-refractivity contribution >= 4 is 23.5 Å². The molecule has 0 spiro atoms. The van der Waals surface area contributed by atoms with Crippen molar-refractivity contribution in [1.29, 1.82) is 0 Å². The summed E-state index contributed by atoms with van der Waals surface area (Å²) in [5, 5.41) is 6.30. The molecule has 6 atom stereocenters. The third kappa shape index (κ3) is 3.56. The zero-order valence-corrected chi connectivity index (χ0v) is 18.1. The zero-order valence-electron chi connectivity index (χ0n) is 16.4. The number of nitrogens with one attached hydrogen (secondary N) is 1. The molecule has 0 radical (unpaired) electrons. The van der Waals surface area contributed by atoms with Gasteiger partial charge in [0.05, 0.1) is 0 Å². The van der Waals surface area contributed by atoms with Crippen molar-refractivity contribution in [3.63, 3.8) is 0 Å². The lowest BCUT2D eigenvalue weighted by atomic mass is 9.83. The fourth-order valence-electron chi connectivity index (χ4n) is 5.38. The minimum atomic E-state index is 0.551. The van der Waals surface area contributed by atoms with Crippen molar-refractivity contribution < 1.29 is 0 Å². The first-order valence-electron chi connectivity index (χ1n) is 10.7. The second-order valence-electron chi connectivity index (χ2n) is 8.92. The summed E-state index contributed by atoms with van der Waals surface area (Å²) in [6.45, 7) is 4.76.